The van der Waals surface area contributed by atoms with E-state index < -0.39 is 15.8 Å². The summed E-state index contributed by atoms with van der Waals surface area (Å²) in [5.74, 6) is -0.818. The average molecular weight is 390 g/mol. The van der Waals surface area contributed by atoms with E-state index in [-0.39, 0.29) is 17.3 Å². The van der Waals surface area contributed by atoms with Gasteiger partial charge in [0.2, 0.25) is 5.91 Å². The standard InChI is InChI=1S/C19H22N2O5S/c1-12-6-8-15(27(4,24)25)10-16(12)20-11-18(22)21-17-9-14(19(23)26-3)7-5-13(17)2/h5-10,20H,11H2,1-4H3,(H,21,22). The molecule has 1 amide bonds. The minimum atomic E-state index is -3.33. The molecular formula is C19H22N2O5S. The maximum atomic E-state index is 12.3. The van der Waals surface area contributed by atoms with Crippen molar-refractivity contribution in [3.63, 3.8) is 0 Å². The number of rotatable bonds is 6. The topological polar surface area (TPSA) is 102 Å². The molecule has 27 heavy (non-hydrogen) atoms. The largest absolute Gasteiger partial charge is 0.465 e. The number of carbonyl (C=O) groups is 2. The molecule has 0 aliphatic carbocycles. The number of esters is 1. The van der Waals surface area contributed by atoms with Gasteiger partial charge in [-0.3, -0.25) is 4.79 Å². The van der Waals surface area contributed by atoms with E-state index in [1.165, 1.54) is 19.2 Å². The molecule has 2 rings (SSSR count). The number of methoxy groups -OCH3 is 1. The summed E-state index contributed by atoms with van der Waals surface area (Å²) in [5.41, 5.74) is 3.02. The van der Waals surface area contributed by atoms with Crippen LogP contribution in [0.2, 0.25) is 0 Å². The van der Waals surface area contributed by atoms with Gasteiger partial charge in [0.1, 0.15) is 0 Å². The molecule has 0 heterocycles. The summed E-state index contributed by atoms with van der Waals surface area (Å²) in [5, 5.41) is 5.68. The lowest BCUT2D eigenvalue weighted by Crippen LogP contribution is -2.22. The minimum absolute atomic E-state index is 0.0596. The van der Waals surface area contributed by atoms with E-state index in [1.54, 1.807) is 24.3 Å². The van der Waals surface area contributed by atoms with Gasteiger partial charge in [-0.2, -0.15) is 0 Å². The van der Waals surface area contributed by atoms with Gasteiger partial charge >= 0.3 is 5.97 Å². The third-order valence-electron chi connectivity index (χ3n) is 4.01. The molecule has 0 atom stereocenters. The minimum Gasteiger partial charge on any atom is -0.465 e. The smallest absolute Gasteiger partial charge is 0.337 e. The van der Waals surface area contributed by atoms with Crippen LogP contribution in [-0.2, 0) is 19.4 Å². The molecule has 0 bridgehead atoms. The van der Waals surface area contributed by atoms with Crippen LogP contribution in [0.4, 0.5) is 11.4 Å². The zero-order chi connectivity index (χ0) is 20.2. The molecule has 0 saturated heterocycles. The lowest BCUT2D eigenvalue weighted by molar-refractivity contribution is -0.114. The van der Waals surface area contributed by atoms with Crippen molar-refractivity contribution >= 4 is 33.1 Å². The molecule has 0 spiro atoms. The van der Waals surface area contributed by atoms with Crippen molar-refractivity contribution in [1.82, 2.24) is 0 Å². The Bertz CT molecular complexity index is 984. The molecule has 0 radical (unpaired) electrons. The molecule has 8 heteroatoms. The summed E-state index contributed by atoms with van der Waals surface area (Å²) in [6.45, 7) is 3.57. The van der Waals surface area contributed by atoms with E-state index >= 15 is 0 Å². The third-order valence-corrected chi connectivity index (χ3v) is 5.12. The van der Waals surface area contributed by atoms with Gasteiger partial charge in [0.15, 0.2) is 9.84 Å². The first-order chi connectivity index (χ1) is 12.6. The number of hydrogen-bond acceptors (Lipinski definition) is 6. The normalized spacial score (nSPS) is 11.0. The Morgan fingerprint density at radius 2 is 1.63 bits per heavy atom. The predicted molar refractivity (Wildman–Crippen MR) is 104 cm³/mol. The second kappa shape index (κ2) is 8.22. The molecule has 2 aromatic rings. The quantitative estimate of drug-likeness (QED) is 0.735. The predicted octanol–water partition coefficient (Wildman–Crippen LogP) is 2.54. The first kappa shape index (κ1) is 20.4. The number of amides is 1. The number of nitrogens with one attached hydrogen (secondary N) is 2. The highest BCUT2D eigenvalue weighted by Gasteiger charge is 2.12. The number of aryl methyl sites for hydroxylation is 2. The molecule has 0 saturated carbocycles. The Balaban J connectivity index is 2.10. The zero-order valence-corrected chi connectivity index (χ0v) is 16.4. The van der Waals surface area contributed by atoms with Crippen molar-refractivity contribution in [3.05, 3.63) is 53.1 Å². The highest BCUT2D eigenvalue weighted by Crippen LogP contribution is 2.21. The second-order valence-electron chi connectivity index (χ2n) is 6.17. The highest BCUT2D eigenvalue weighted by molar-refractivity contribution is 7.90. The van der Waals surface area contributed by atoms with Gasteiger partial charge in [0.05, 0.1) is 24.1 Å². The van der Waals surface area contributed by atoms with Crippen molar-refractivity contribution in [3.8, 4) is 0 Å². The number of carbonyl (C=O) groups excluding carboxylic acids is 2. The van der Waals surface area contributed by atoms with Gasteiger partial charge in [0, 0.05) is 17.6 Å². The number of anilines is 2. The number of ether oxygens (including phenoxy) is 1. The monoisotopic (exact) mass is 390 g/mol. The third kappa shape index (κ3) is 5.30. The van der Waals surface area contributed by atoms with Crippen molar-refractivity contribution in [1.29, 1.82) is 0 Å². The zero-order valence-electron chi connectivity index (χ0n) is 15.6. The Labute approximate surface area is 158 Å². The fraction of sp³-hybridized carbons (Fsp3) is 0.263. The van der Waals surface area contributed by atoms with Crippen molar-refractivity contribution in [2.75, 3.05) is 30.5 Å². The molecule has 0 aromatic heterocycles. The van der Waals surface area contributed by atoms with Crippen LogP contribution in [0.15, 0.2) is 41.3 Å². The van der Waals surface area contributed by atoms with Crippen LogP contribution in [0.25, 0.3) is 0 Å². The Hall–Kier alpha value is -2.87. The molecule has 0 fully saturated rings. The maximum absolute atomic E-state index is 12.3. The van der Waals surface area contributed by atoms with Crippen molar-refractivity contribution < 1.29 is 22.7 Å². The van der Waals surface area contributed by atoms with Crippen LogP contribution in [0.5, 0.6) is 0 Å². The van der Waals surface area contributed by atoms with Gasteiger partial charge in [-0.05, 0) is 49.2 Å². The van der Waals surface area contributed by atoms with Crippen LogP contribution in [-0.4, -0.2) is 40.2 Å². The van der Waals surface area contributed by atoms with Gasteiger partial charge in [-0.1, -0.05) is 12.1 Å². The van der Waals surface area contributed by atoms with Gasteiger partial charge in [0.25, 0.3) is 0 Å². The molecule has 2 N–H and O–H groups in total. The van der Waals surface area contributed by atoms with Crippen molar-refractivity contribution in [2.45, 2.75) is 18.7 Å². The van der Waals surface area contributed by atoms with Gasteiger partial charge in [-0.15, -0.1) is 0 Å². The molecule has 0 aliphatic heterocycles. The highest BCUT2D eigenvalue weighted by atomic mass is 32.2. The summed E-state index contributed by atoms with van der Waals surface area (Å²) in [6, 6.07) is 9.60. The fourth-order valence-corrected chi connectivity index (χ4v) is 3.04. The number of benzene rings is 2. The van der Waals surface area contributed by atoms with E-state index in [0.717, 1.165) is 17.4 Å². The summed E-state index contributed by atoms with van der Waals surface area (Å²) in [4.78, 5) is 24.1. The number of sulfone groups is 1. The van der Waals surface area contributed by atoms with E-state index in [9.17, 15) is 18.0 Å². The molecule has 7 nitrogen and oxygen atoms in total. The second-order valence-corrected chi connectivity index (χ2v) is 8.19. The van der Waals surface area contributed by atoms with Crippen LogP contribution in [0.1, 0.15) is 21.5 Å². The van der Waals surface area contributed by atoms with E-state index in [0.29, 0.717) is 16.9 Å². The van der Waals surface area contributed by atoms with E-state index in [2.05, 4.69) is 15.4 Å². The molecule has 144 valence electrons. The average Bonchev–Trinajstić information content (AvgIpc) is 2.61. The summed E-state index contributed by atoms with van der Waals surface area (Å²) >= 11 is 0. The molecular weight excluding hydrogens is 368 g/mol. The number of hydrogen-bond donors (Lipinski definition) is 2. The summed E-state index contributed by atoms with van der Waals surface area (Å²) in [7, 11) is -2.05. The Morgan fingerprint density at radius 3 is 2.26 bits per heavy atom. The lowest BCUT2D eigenvalue weighted by Gasteiger charge is -2.13. The molecule has 0 unspecified atom stereocenters. The van der Waals surface area contributed by atoms with Crippen LogP contribution in [0, 0.1) is 13.8 Å². The maximum Gasteiger partial charge on any atom is 0.337 e. The van der Waals surface area contributed by atoms with Gasteiger partial charge < -0.3 is 15.4 Å². The summed E-state index contributed by atoms with van der Waals surface area (Å²) in [6.07, 6.45) is 1.13. The molecule has 0 aliphatic rings. The lowest BCUT2D eigenvalue weighted by atomic mass is 10.1. The summed E-state index contributed by atoms with van der Waals surface area (Å²) < 4.78 is 28.0. The SMILES string of the molecule is COC(=O)c1ccc(C)c(NC(=O)CNc2cc(S(C)(=O)=O)ccc2C)c1. The fourth-order valence-electron chi connectivity index (χ4n) is 2.39. The van der Waals surface area contributed by atoms with E-state index in [1.807, 2.05) is 13.8 Å². The van der Waals surface area contributed by atoms with E-state index in [4.69, 9.17) is 0 Å². The van der Waals surface area contributed by atoms with Crippen LogP contribution < -0.4 is 10.6 Å². The Morgan fingerprint density at radius 1 is 1.00 bits per heavy atom. The molecule has 2 aromatic carbocycles. The van der Waals surface area contributed by atoms with Crippen LogP contribution >= 0.6 is 0 Å². The van der Waals surface area contributed by atoms with Gasteiger partial charge in [-0.25, -0.2) is 13.2 Å². The first-order valence-corrected chi connectivity index (χ1v) is 10.0. The van der Waals surface area contributed by atoms with Crippen LogP contribution in [0.3, 0.4) is 0 Å². The first-order valence-electron chi connectivity index (χ1n) is 8.15. The Kier molecular flexibility index (Phi) is 6.22. The van der Waals surface area contributed by atoms with Crippen molar-refractivity contribution in [2.24, 2.45) is 0 Å².